The monoisotopic (exact) mass is 330 g/mol. The molecule has 0 saturated heterocycles. The van der Waals surface area contributed by atoms with Crippen molar-refractivity contribution >= 4 is 24.8 Å². The Morgan fingerprint density at radius 3 is 1.35 bits per heavy atom. The van der Waals surface area contributed by atoms with Crippen molar-refractivity contribution in [3.63, 3.8) is 0 Å². The second-order valence-electron chi connectivity index (χ2n) is 3.20. The lowest BCUT2D eigenvalue weighted by Gasteiger charge is -1.85. The quantitative estimate of drug-likeness (QED) is 0.564. The maximum Gasteiger partial charge on any atom is 0.0923 e. The molecule has 2 aromatic rings. The van der Waals surface area contributed by atoms with Crippen LogP contribution in [-0.2, 0) is 12.8 Å². The summed E-state index contributed by atoms with van der Waals surface area (Å²) in [5.41, 5.74) is 12.6. The van der Waals surface area contributed by atoms with Crippen LogP contribution >= 0.6 is 24.8 Å². The van der Waals surface area contributed by atoms with Crippen molar-refractivity contribution in [3.8, 4) is 0 Å². The van der Waals surface area contributed by atoms with E-state index in [1.54, 1.807) is 12.7 Å². The lowest BCUT2D eigenvalue weighted by molar-refractivity contribution is 0.823. The van der Waals surface area contributed by atoms with Crippen LogP contribution in [0.5, 0.6) is 0 Å². The zero-order chi connectivity index (χ0) is 11.6. The van der Waals surface area contributed by atoms with Crippen LogP contribution in [0.25, 0.3) is 0 Å². The highest BCUT2D eigenvalue weighted by Gasteiger charge is 1.88. The summed E-state index contributed by atoms with van der Waals surface area (Å²) in [6, 6.07) is 0. The molecule has 0 amide bonds. The third-order valence-electron chi connectivity index (χ3n) is 1.91. The number of hydrogen-bond acceptors (Lipinski definition) is 4. The number of imidazole rings is 2. The van der Waals surface area contributed by atoms with Crippen LogP contribution in [0.2, 0.25) is 0 Å². The fourth-order valence-electron chi connectivity index (χ4n) is 1.15. The van der Waals surface area contributed by atoms with Crippen LogP contribution in [0.15, 0.2) is 25.0 Å². The molecule has 2 rings (SSSR count). The van der Waals surface area contributed by atoms with E-state index in [9.17, 15) is 0 Å². The van der Waals surface area contributed by atoms with Gasteiger partial charge in [0.25, 0.3) is 0 Å². The molecule has 0 saturated carbocycles. The first-order valence-corrected chi connectivity index (χ1v) is 5.22. The van der Waals surface area contributed by atoms with Crippen LogP contribution in [0.1, 0.15) is 11.4 Å². The topological polar surface area (TPSA) is 172 Å². The molecule has 0 atom stereocenters. The Morgan fingerprint density at radius 1 is 0.800 bits per heavy atom. The maximum atomic E-state index is 5.27. The van der Waals surface area contributed by atoms with E-state index in [4.69, 9.17) is 11.5 Å². The number of rotatable bonds is 4. The third-order valence-corrected chi connectivity index (χ3v) is 1.91. The molecular weight excluding hydrogens is 307 g/mol. The molecule has 0 aromatic carbocycles. The maximum absolute atomic E-state index is 5.27. The average molecular weight is 331 g/mol. The highest BCUT2D eigenvalue weighted by molar-refractivity contribution is 5.85. The summed E-state index contributed by atoms with van der Waals surface area (Å²) in [5, 5.41) is 0. The lowest BCUT2D eigenvalue weighted by Crippen LogP contribution is -2.02. The van der Waals surface area contributed by atoms with Gasteiger partial charge in [0.1, 0.15) is 0 Å². The molecule has 10 heteroatoms. The molecule has 0 radical (unpaired) electrons. The van der Waals surface area contributed by atoms with Crippen molar-refractivity contribution in [2.45, 2.75) is 12.8 Å². The van der Waals surface area contributed by atoms with Crippen LogP contribution < -0.4 is 11.5 Å². The van der Waals surface area contributed by atoms with Gasteiger partial charge in [-0.25, -0.2) is 9.97 Å². The molecule has 0 aliphatic heterocycles. The van der Waals surface area contributed by atoms with Gasteiger partial charge in [-0.15, -0.1) is 24.8 Å². The Morgan fingerprint density at radius 2 is 1.15 bits per heavy atom. The SMILES string of the molecule is Cl.Cl.NCCc1c[nH]cn1.NCCc1c[nH]cn1.O.O. The van der Waals surface area contributed by atoms with Crippen molar-refractivity contribution in [2.75, 3.05) is 13.1 Å². The van der Waals surface area contributed by atoms with Gasteiger partial charge >= 0.3 is 0 Å². The van der Waals surface area contributed by atoms with Crippen molar-refractivity contribution in [1.82, 2.24) is 19.9 Å². The first-order valence-electron chi connectivity index (χ1n) is 5.22. The molecule has 0 aliphatic rings. The van der Waals surface area contributed by atoms with Crippen molar-refractivity contribution in [2.24, 2.45) is 11.5 Å². The Kier molecular flexibility index (Phi) is 24.3. The standard InChI is InChI=1S/2C5H9N3.2ClH.2H2O/c2*6-2-1-5-3-7-4-8-5;;;;/h2*3-4H,1-2,6H2,(H,7,8);2*1H;2*1H2. The van der Waals surface area contributed by atoms with Crippen LogP contribution in [-0.4, -0.2) is 44.0 Å². The summed E-state index contributed by atoms with van der Waals surface area (Å²) in [4.78, 5) is 13.6. The minimum atomic E-state index is 0. The molecule has 0 spiro atoms. The molecular formula is C10H24Cl2N6O2. The zero-order valence-electron chi connectivity index (χ0n) is 11.0. The van der Waals surface area contributed by atoms with Gasteiger partial charge in [0.15, 0.2) is 0 Å². The van der Waals surface area contributed by atoms with Gasteiger partial charge in [0.2, 0.25) is 0 Å². The van der Waals surface area contributed by atoms with E-state index >= 15 is 0 Å². The summed E-state index contributed by atoms with van der Waals surface area (Å²) in [6.07, 6.45) is 8.75. The molecule has 120 valence electrons. The van der Waals surface area contributed by atoms with Gasteiger partial charge < -0.3 is 32.4 Å². The predicted molar refractivity (Wildman–Crippen MR) is 84.4 cm³/mol. The first-order chi connectivity index (χ1) is 7.86. The fraction of sp³-hybridized carbons (Fsp3) is 0.400. The summed E-state index contributed by atoms with van der Waals surface area (Å²) in [7, 11) is 0. The zero-order valence-corrected chi connectivity index (χ0v) is 12.6. The van der Waals surface area contributed by atoms with Gasteiger partial charge in [-0.3, -0.25) is 0 Å². The van der Waals surface area contributed by atoms with Crippen molar-refractivity contribution in [3.05, 3.63) is 36.4 Å². The number of hydrogen-bond donors (Lipinski definition) is 4. The minimum absolute atomic E-state index is 0. The van der Waals surface area contributed by atoms with Gasteiger partial charge in [-0.1, -0.05) is 0 Å². The summed E-state index contributed by atoms with van der Waals surface area (Å²) >= 11 is 0. The highest BCUT2D eigenvalue weighted by atomic mass is 35.5. The summed E-state index contributed by atoms with van der Waals surface area (Å²) in [5.74, 6) is 0. The Bertz CT molecular complexity index is 321. The molecule has 20 heavy (non-hydrogen) atoms. The van der Waals surface area contributed by atoms with Gasteiger partial charge in [-0.2, -0.15) is 0 Å². The smallest absolute Gasteiger partial charge is 0.0923 e. The van der Waals surface area contributed by atoms with E-state index < -0.39 is 0 Å². The number of nitrogens with two attached hydrogens (primary N) is 2. The summed E-state index contributed by atoms with van der Waals surface area (Å²) < 4.78 is 0. The Hall–Kier alpha value is -1.16. The molecule has 0 aliphatic carbocycles. The predicted octanol–water partition coefficient (Wildman–Crippen LogP) is -0.984. The van der Waals surface area contributed by atoms with Crippen LogP contribution in [0.4, 0.5) is 0 Å². The fourth-order valence-corrected chi connectivity index (χ4v) is 1.15. The third kappa shape index (κ3) is 11.9. The number of nitrogens with one attached hydrogen (secondary N) is 2. The van der Waals surface area contributed by atoms with Gasteiger partial charge in [0, 0.05) is 25.2 Å². The van der Waals surface area contributed by atoms with E-state index in [1.165, 1.54) is 0 Å². The van der Waals surface area contributed by atoms with Gasteiger partial charge in [-0.05, 0) is 13.1 Å². The van der Waals surface area contributed by atoms with E-state index in [1.807, 2.05) is 12.4 Å². The van der Waals surface area contributed by atoms with E-state index in [0.29, 0.717) is 13.1 Å². The molecule has 0 unspecified atom stereocenters. The normalized spacial score (nSPS) is 7.70. The Labute approximate surface area is 130 Å². The van der Waals surface area contributed by atoms with Crippen molar-refractivity contribution < 1.29 is 11.0 Å². The van der Waals surface area contributed by atoms with E-state index in [2.05, 4.69) is 19.9 Å². The van der Waals surface area contributed by atoms with Crippen molar-refractivity contribution in [1.29, 1.82) is 0 Å². The first kappa shape index (κ1) is 27.2. The largest absolute Gasteiger partial charge is 0.412 e. The Balaban J connectivity index is -0.000000107. The number of aromatic amines is 2. The van der Waals surface area contributed by atoms with Crippen LogP contribution in [0.3, 0.4) is 0 Å². The highest BCUT2D eigenvalue weighted by Crippen LogP contribution is 1.88. The molecule has 2 heterocycles. The van der Waals surface area contributed by atoms with Crippen LogP contribution in [0, 0.1) is 0 Å². The van der Waals surface area contributed by atoms with E-state index in [0.717, 1.165) is 24.2 Å². The molecule has 2 aromatic heterocycles. The van der Waals surface area contributed by atoms with Gasteiger partial charge in [0.05, 0.1) is 24.0 Å². The number of H-pyrrole nitrogens is 2. The minimum Gasteiger partial charge on any atom is -0.412 e. The molecule has 0 fully saturated rings. The summed E-state index contributed by atoms with van der Waals surface area (Å²) in [6.45, 7) is 1.34. The molecule has 8 nitrogen and oxygen atoms in total. The lowest BCUT2D eigenvalue weighted by atomic mass is 10.3. The second kappa shape index (κ2) is 17.8. The average Bonchev–Trinajstić information content (AvgIpc) is 2.92. The van der Waals surface area contributed by atoms with E-state index in [-0.39, 0.29) is 35.8 Å². The number of halogens is 2. The second-order valence-corrected chi connectivity index (χ2v) is 3.20. The number of nitrogens with zero attached hydrogens (tertiary/aromatic N) is 2. The molecule has 0 bridgehead atoms. The molecule has 10 N–H and O–H groups in total. The number of aromatic nitrogens is 4.